The van der Waals surface area contributed by atoms with Crippen molar-refractivity contribution in [1.29, 1.82) is 0 Å². The zero-order valence-corrected chi connectivity index (χ0v) is 19.1. The summed E-state index contributed by atoms with van der Waals surface area (Å²) in [7, 11) is 0. The number of benzene rings is 1. The van der Waals surface area contributed by atoms with Crippen LogP contribution in [-0.4, -0.2) is 29.1 Å². The number of rotatable bonds is 5. The fraction of sp³-hybridized carbons (Fsp3) is 0.583. The lowest BCUT2D eigenvalue weighted by Crippen LogP contribution is -2.62. The number of aryl methyl sites for hydroxylation is 2. The van der Waals surface area contributed by atoms with Gasteiger partial charge >= 0.3 is 5.63 Å². The van der Waals surface area contributed by atoms with Gasteiger partial charge in [-0.3, -0.25) is 4.79 Å². The maximum atomic E-state index is 12.8. The van der Waals surface area contributed by atoms with Gasteiger partial charge in [0.2, 0.25) is 0 Å². The maximum Gasteiger partial charge on any atom is 0.336 e. The van der Waals surface area contributed by atoms with Crippen LogP contribution >= 0.6 is 0 Å². The molecule has 2 heterocycles. The van der Waals surface area contributed by atoms with Gasteiger partial charge in [0.25, 0.3) is 5.91 Å². The highest BCUT2D eigenvalue weighted by molar-refractivity contribution is 5.85. The van der Waals surface area contributed by atoms with Crippen LogP contribution in [0.15, 0.2) is 27.4 Å². The summed E-state index contributed by atoms with van der Waals surface area (Å²) in [6, 6.07) is 5.34. The molecule has 0 spiro atoms. The molecule has 0 radical (unpaired) electrons. The van der Waals surface area contributed by atoms with Crippen molar-refractivity contribution < 1.29 is 13.9 Å². The molecule has 6 heteroatoms. The molecule has 164 valence electrons. The Balaban J connectivity index is 1.76. The Morgan fingerprint density at radius 2 is 1.90 bits per heavy atom. The second-order valence-corrected chi connectivity index (χ2v) is 9.78. The lowest BCUT2D eigenvalue weighted by atomic mass is 9.79. The minimum absolute atomic E-state index is 0.0484. The second kappa shape index (κ2) is 8.06. The molecule has 6 nitrogen and oxygen atoms in total. The summed E-state index contributed by atoms with van der Waals surface area (Å²) in [5.41, 5.74) is 1.72. The normalized spacial score (nSPS) is 19.4. The zero-order chi connectivity index (χ0) is 22.3. The van der Waals surface area contributed by atoms with E-state index in [0.717, 1.165) is 35.8 Å². The standard InChI is InChI=1S/C24H34N2O4/c1-8-16-11-20(27)30-21-14(2)19(10-9-18(16)21)29-15(3)22(28)25-17-12-23(4,5)26-24(6,7)13-17/h9-11,15,17,26H,8,12-13H2,1-7H3,(H,25,28)/t15-/m1/s1. The monoisotopic (exact) mass is 414 g/mol. The predicted molar refractivity (Wildman–Crippen MR) is 119 cm³/mol. The number of hydrogen-bond donors (Lipinski definition) is 2. The molecule has 2 aromatic rings. The molecule has 1 aromatic heterocycles. The van der Waals surface area contributed by atoms with Gasteiger partial charge in [-0.2, -0.15) is 0 Å². The number of piperidine rings is 1. The smallest absolute Gasteiger partial charge is 0.336 e. The zero-order valence-electron chi connectivity index (χ0n) is 19.1. The average Bonchev–Trinajstić information content (AvgIpc) is 2.60. The largest absolute Gasteiger partial charge is 0.480 e. The molecule has 0 bridgehead atoms. The number of ether oxygens (including phenoxy) is 1. The maximum absolute atomic E-state index is 12.8. The fourth-order valence-electron chi connectivity index (χ4n) is 4.82. The molecular formula is C24H34N2O4. The highest BCUT2D eigenvalue weighted by atomic mass is 16.5. The summed E-state index contributed by atoms with van der Waals surface area (Å²) in [5.74, 6) is 0.407. The molecule has 1 amide bonds. The Hall–Kier alpha value is -2.34. The van der Waals surface area contributed by atoms with Crippen LogP contribution in [0.25, 0.3) is 11.0 Å². The van der Waals surface area contributed by atoms with E-state index >= 15 is 0 Å². The number of amides is 1. The topological polar surface area (TPSA) is 80.6 Å². The number of hydrogen-bond acceptors (Lipinski definition) is 5. The second-order valence-electron chi connectivity index (χ2n) is 9.78. The Kier molecular flexibility index (Phi) is 6.01. The van der Waals surface area contributed by atoms with Crippen molar-refractivity contribution in [2.24, 2.45) is 0 Å². The quantitative estimate of drug-likeness (QED) is 0.726. The number of carbonyl (C=O) groups is 1. The lowest BCUT2D eigenvalue weighted by molar-refractivity contribution is -0.128. The summed E-state index contributed by atoms with van der Waals surface area (Å²) in [6.07, 6.45) is 1.79. The molecule has 0 unspecified atom stereocenters. The van der Waals surface area contributed by atoms with Crippen LogP contribution < -0.4 is 21.0 Å². The molecule has 1 aliphatic heterocycles. The first-order chi connectivity index (χ1) is 13.9. The van der Waals surface area contributed by atoms with Crippen LogP contribution in [0.4, 0.5) is 0 Å². The van der Waals surface area contributed by atoms with Crippen molar-refractivity contribution >= 4 is 16.9 Å². The van der Waals surface area contributed by atoms with Crippen molar-refractivity contribution in [3.05, 3.63) is 39.7 Å². The van der Waals surface area contributed by atoms with Crippen molar-refractivity contribution in [3.63, 3.8) is 0 Å². The summed E-state index contributed by atoms with van der Waals surface area (Å²) in [5, 5.41) is 7.68. The number of nitrogens with one attached hydrogen (secondary N) is 2. The van der Waals surface area contributed by atoms with E-state index in [4.69, 9.17) is 9.15 Å². The third-order valence-corrected chi connectivity index (χ3v) is 5.79. The summed E-state index contributed by atoms with van der Waals surface area (Å²) < 4.78 is 11.4. The molecular weight excluding hydrogens is 380 g/mol. The van der Waals surface area contributed by atoms with E-state index in [-0.39, 0.29) is 28.7 Å². The van der Waals surface area contributed by atoms with Crippen LogP contribution in [0, 0.1) is 6.92 Å². The van der Waals surface area contributed by atoms with Crippen LogP contribution in [0.3, 0.4) is 0 Å². The average molecular weight is 415 g/mol. The van der Waals surface area contributed by atoms with Gasteiger partial charge in [-0.15, -0.1) is 0 Å². The Bertz CT molecular complexity index is 990. The fourth-order valence-corrected chi connectivity index (χ4v) is 4.82. The summed E-state index contributed by atoms with van der Waals surface area (Å²) in [4.78, 5) is 24.7. The molecule has 30 heavy (non-hydrogen) atoms. The van der Waals surface area contributed by atoms with Gasteiger partial charge in [0, 0.05) is 34.1 Å². The van der Waals surface area contributed by atoms with Crippen molar-refractivity contribution in [3.8, 4) is 5.75 Å². The van der Waals surface area contributed by atoms with Crippen LogP contribution in [0.2, 0.25) is 0 Å². The van der Waals surface area contributed by atoms with E-state index in [1.165, 1.54) is 6.07 Å². The minimum atomic E-state index is -0.664. The lowest BCUT2D eigenvalue weighted by Gasteiger charge is -2.46. The van der Waals surface area contributed by atoms with Gasteiger partial charge in [-0.05, 0) is 78.5 Å². The molecule has 2 N–H and O–H groups in total. The molecule has 1 fully saturated rings. The van der Waals surface area contributed by atoms with Crippen molar-refractivity contribution in [2.75, 3.05) is 0 Å². The van der Waals surface area contributed by atoms with Gasteiger partial charge in [0.05, 0.1) is 0 Å². The van der Waals surface area contributed by atoms with Crippen LogP contribution in [0.1, 0.15) is 65.5 Å². The molecule has 0 saturated carbocycles. The van der Waals surface area contributed by atoms with Gasteiger partial charge in [0.15, 0.2) is 6.10 Å². The van der Waals surface area contributed by atoms with E-state index < -0.39 is 6.10 Å². The first-order valence-electron chi connectivity index (χ1n) is 10.7. The van der Waals surface area contributed by atoms with Gasteiger partial charge in [0.1, 0.15) is 11.3 Å². The predicted octanol–water partition coefficient (Wildman–Crippen LogP) is 3.86. The first kappa shape index (κ1) is 22.3. The molecule has 1 saturated heterocycles. The Labute approximate surface area is 178 Å². The van der Waals surface area contributed by atoms with E-state index in [9.17, 15) is 9.59 Å². The molecule has 1 aliphatic rings. The Morgan fingerprint density at radius 1 is 1.27 bits per heavy atom. The third-order valence-electron chi connectivity index (χ3n) is 5.79. The van der Waals surface area contributed by atoms with Crippen molar-refractivity contribution in [1.82, 2.24) is 10.6 Å². The van der Waals surface area contributed by atoms with Gasteiger partial charge < -0.3 is 19.8 Å². The Morgan fingerprint density at radius 3 is 2.50 bits per heavy atom. The third kappa shape index (κ3) is 4.86. The summed E-state index contributed by atoms with van der Waals surface area (Å²) >= 11 is 0. The highest BCUT2D eigenvalue weighted by Gasteiger charge is 2.38. The molecule has 1 aromatic carbocycles. The molecule has 3 rings (SSSR count). The first-order valence-corrected chi connectivity index (χ1v) is 10.7. The molecule has 1 atom stereocenters. The van der Waals surface area contributed by atoms with Gasteiger partial charge in [-0.1, -0.05) is 6.92 Å². The van der Waals surface area contributed by atoms with E-state index in [2.05, 4.69) is 38.3 Å². The minimum Gasteiger partial charge on any atom is -0.480 e. The number of carbonyl (C=O) groups excluding carboxylic acids is 1. The summed E-state index contributed by atoms with van der Waals surface area (Å²) in [6.45, 7) is 14.2. The van der Waals surface area contributed by atoms with Gasteiger partial charge in [-0.25, -0.2) is 4.79 Å². The number of fused-ring (bicyclic) bond motifs is 1. The van der Waals surface area contributed by atoms with Crippen LogP contribution in [0.5, 0.6) is 5.75 Å². The van der Waals surface area contributed by atoms with Crippen molar-refractivity contribution in [2.45, 2.75) is 91.0 Å². The van der Waals surface area contributed by atoms with E-state index in [0.29, 0.717) is 11.3 Å². The van der Waals surface area contributed by atoms with Crippen LogP contribution in [-0.2, 0) is 11.2 Å². The molecule has 0 aliphatic carbocycles. The highest BCUT2D eigenvalue weighted by Crippen LogP contribution is 2.30. The van der Waals surface area contributed by atoms with E-state index in [1.54, 1.807) is 6.92 Å². The SMILES string of the molecule is CCc1cc(=O)oc2c(C)c(O[C@H](C)C(=O)NC3CC(C)(C)NC(C)(C)C3)ccc12. The van der Waals surface area contributed by atoms with E-state index in [1.807, 2.05) is 26.0 Å².